The molecule has 0 fully saturated rings. The summed E-state index contributed by atoms with van der Waals surface area (Å²) < 4.78 is 2.25. The molecule has 0 unspecified atom stereocenters. The first-order valence-corrected chi connectivity index (χ1v) is 6.89. The van der Waals surface area contributed by atoms with Crippen LogP contribution in [-0.2, 0) is 23.2 Å². The monoisotopic (exact) mass is 316 g/mol. The second kappa shape index (κ2) is 8.58. The van der Waals surface area contributed by atoms with E-state index in [0.29, 0.717) is 0 Å². The number of carbonyl (C=O) groups is 2. The third kappa shape index (κ3) is 5.47. The highest BCUT2D eigenvalue weighted by Crippen LogP contribution is 2.19. The van der Waals surface area contributed by atoms with Crippen molar-refractivity contribution in [2.24, 2.45) is 7.05 Å². The fraction of sp³-hybridized carbons (Fsp3) is 0.235. The highest BCUT2D eigenvalue weighted by atomic mass is 16.4. The summed E-state index contributed by atoms with van der Waals surface area (Å²) in [6, 6.07) is 10.7. The number of carboxylic acids is 2. The zero-order valence-corrected chi connectivity index (χ0v) is 13.2. The van der Waals surface area contributed by atoms with Gasteiger partial charge in [0.15, 0.2) is 0 Å². The third-order valence-corrected chi connectivity index (χ3v) is 3.21. The first-order valence-electron chi connectivity index (χ1n) is 6.89. The van der Waals surface area contributed by atoms with Crippen LogP contribution in [0.3, 0.4) is 0 Å². The van der Waals surface area contributed by atoms with Crippen molar-refractivity contribution >= 4 is 22.8 Å². The first kappa shape index (κ1) is 18.2. The number of aromatic nitrogens is 1. The minimum Gasteiger partial charge on any atom is -0.473 e. The fourth-order valence-corrected chi connectivity index (χ4v) is 2.06. The van der Waals surface area contributed by atoms with Gasteiger partial charge in [-0.05, 0) is 30.6 Å². The minimum atomic E-state index is -1.82. The molecule has 2 N–H and O–H groups in total. The lowest BCUT2D eigenvalue weighted by Crippen LogP contribution is -2.19. The molecule has 0 radical (unpaired) electrons. The molecule has 0 saturated carbocycles. The predicted octanol–water partition coefficient (Wildman–Crippen LogP) is 2.11. The molecule has 6 nitrogen and oxygen atoms in total. The van der Waals surface area contributed by atoms with Crippen molar-refractivity contribution < 1.29 is 19.8 Å². The number of hydrogen-bond donors (Lipinski definition) is 2. The van der Waals surface area contributed by atoms with Gasteiger partial charge in [0.05, 0.1) is 0 Å². The van der Waals surface area contributed by atoms with Crippen molar-refractivity contribution in [1.29, 1.82) is 0 Å². The maximum Gasteiger partial charge on any atom is 0.414 e. The van der Waals surface area contributed by atoms with E-state index in [0.717, 1.165) is 13.1 Å². The van der Waals surface area contributed by atoms with Gasteiger partial charge in [0.25, 0.3) is 0 Å². The zero-order valence-electron chi connectivity index (χ0n) is 13.2. The number of para-hydroxylation sites is 1. The normalized spacial score (nSPS) is 9.87. The van der Waals surface area contributed by atoms with Crippen LogP contribution in [0.2, 0.25) is 0 Å². The van der Waals surface area contributed by atoms with Gasteiger partial charge in [-0.15, -0.1) is 5.73 Å². The number of hydrogen-bond acceptors (Lipinski definition) is 3. The molecule has 0 bridgehead atoms. The van der Waals surface area contributed by atoms with Crippen molar-refractivity contribution in [3.63, 3.8) is 0 Å². The summed E-state index contributed by atoms with van der Waals surface area (Å²) in [7, 11) is 4.22. The van der Waals surface area contributed by atoms with Crippen molar-refractivity contribution in [1.82, 2.24) is 9.47 Å². The van der Waals surface area contributed by atoms with Crippen LogP contribution < -0.4 is 0 Å². The van der Waals surface area contributed by atoms with E-state index in [1.165, 1.54) is 16.6 Å². The van der Waals surface area contributed by atoms with Crippen LogP contribution in [0.25, 0.3) is 10.9 Å². The van der Waals surface area contributed by atoms with Crippen LogP contribution >= 0.6 is 0 Å². The van der Waals surface area contributed by atoms with Gasteiger partial charge < -0.3 is 14.8 Å². The van der Waals surface area contributed by atoms with E-state index in [1.54, 1.807) is 0 Å². The summed E-state index contributed by atoms with van der Waals surface area (Å²) in [6.45, 7) is 5.39. The first-order chi connectivity index (χ1) is 10.9. The Balaban J connectivity index is 0.000000379. The Bertz CT molecular complexity index is 730. The Morgan fingerprint density at radius 3 is 2.43 bits per heavy atom. The summed E-state index contributed by atoms with van der Waals surface area (Å²) in [5, 5.41) is 16.1. The molecule has 0 atom stereocenters. The van der Waals surface area contributed by atoms with Gasteiger partial charge >= 0.3 is 11.9 Å². The molecule has 2 aromatic rings. The largest absolute Gasteiger partial charge is 0.473 e. The summed E-state index contributed by atoms with van der Waals surface area (Å²) in [6.07, 6.45) is 1.95. The quantitative estimate of drug-likeness (QED) is 0.667. The van der Waals surface area contributed by atoms with Gasteiger partial charge in [0.2, 0.25) is 0 Å². The lowest BCUT2D eigenvalue weighted by atomic mass is 10.2. The maximum absolute atomic E-state index is 9.10. The topological polar surface area (TPSA) is 82.8 Å². The van der Waals surface area contributed by atoms with Crippen molar-refractivity contribution in [2.45, 2.75) is 6.54 Å². The highest BCUT2D eigenvalue weighted by Gasteiger charge is 2.06. The molecule has 0 aliphatic rings. The van der Waals surface area contributed by atoms with E-state index in [-0.39, 0.29) is 0 Å². The van der Waals surface area contributed by atoms with E-state index >= 15 is 0 Å². The molecule has 0 aliphatic carbocycles. The zero-order chi connectivity index (χ0) is 17.4. The van der Waals surface area contributed by atoms with Gasteiger partial charge in [0, 0.05) is 31.3 Å². The number of likely N-dealkylation sites (N-methyl/N-ethyl adjacent to an activating group) is 1. The summed E-state index contributed by atoms with van der Waals surface area (Å²) in [5.41, 5.74) is 5.41. The molecule has 1 heterocycles. The van der Waals surface area contributed by atoms with Crippen molar-refractivity contribution in [2.75, 3.05) is 13.6 Å². The molecule has 1 aromatic carbocycles. The van der Waals surface area contributed by atoms with Crippen LogP contribution in [0.5, 0.6) is 0 Å². The second-order valence-electron chi connectivity index (χ2n) is 4.97. The molecule has 0 spiro atoms. The lowest BCUT2D eigenvalue weighted by Gasteiger charge is -2.14. The van der Waals surface area contributed by atoms with Gasteiger partial charge in [-0.3, -0.25) is 4.90 Å². The lowest BCUT2D eigenvalue weighted by molar-refractivity contribution is -0.159. The average Bonchev–Trinajstić information content (AvgIpc) is 2.82. The molecular weight excluding hydrogens is 296 g/mol. The number of aryl methyl sites for hydroxylation is 1. The Labute approximate surface area is 134 Å². The maximum atomic E-state index is 9.10. The van der Waals surface area contributed by atoms with Gasteiger partial charge in [-0.1, -0.05) is 24.8 Å². The smallest absolute Gasteiger partial charge is 0.414 e. The summed E-state index contributed by atoms with van der Waals surface area (Å²) >= 11 is 0. The van der Waals surface area contributed by atoms with Crippen LogP contribution in [0.4, 0.5) is 0 Å². The van der Waals surface area contributed by atoms with E-state index in [2.05, 4.69) is 66.2 Å². The molecular formula is C17H20N2O4. The molecule has 122 valence electrons. The molecule has 0 saturated heterocycles. The van der Waals surface area contributed by atoms with E-state index in [1.807, 2.05) is 6.08 Å². The Kier molecular flexibility index (Phi) is 6.80. The number of carboxylic acid groups (broad SMARTS) is 2. The van der Waals surface area contributed by atoms with Gasteiger partial charge in [-0.2, -0.15) is 0 Å². The fourth-order valence-electron chi connectivity index (χ4n) is 2.06. The Morgan fingerprint density at radius 1 is 1.30 bits per heavy atom. The van der Waals surface area contributed by atoms with Crippen LogP contribution in [0.1, 0.15) is 5.69 Å². The van der Waals surface area contributed by atoms with E-state index in [9.17, 15) is 0 Å². The molecule has 23 heavy (non-hydrogen) atoms. The van der Waals surface area contributed by atoms with Gasteiger partial charge in [0.1, 0.15) is 0 Å². The molecule has 2 rings (SSSR count). The highest BCUT2D eigenvalue weighted by molar-refractivity contribution is 6.27. The summed E-state index contributed by atoms with van der Waals surface area (Å²) in [5.74, 6) is -3.65. The van der Waals surface area contributed by atoms with E-state index in [4.69, 9.17) is 19.8 Å². The average molecular weight is 316 g/mol. The number of nitrogens with zero attached hydrogens (tertiary/aromatic N) is 2. The van der Waals surface area contributed by atoms with Crippen molar-refractivity contribution in [3.8, 4) is 0 Å². The number of benzene rings is 1. The van der Waals surface area contributed by atoms with Crippen LogP contribution in [0, 0.1) is 0 Å². The number of aliphatic carboxylic acids is 2. The molecule has 0 aliphatic heterocycles. The van der Waals surface area contributed by atoms with Crippen LogP contribution in [-0.4, -0.2) is 45.2 Å². The van der Waals surface area contributed by atoms with Crippen molar-refractivity contribution in [3.05, 3.63) is 54.4 Å². The van der Waals surface area contributed by atoms with Gasteiger partial charge in [-0.25, -0.2) is 9.59 Å². The third-order valence-electron chi connectivity index (χ3n) is 3.21. The predicted molar refractivity (Wildman–Crippen MR) is 88.2 cm³/mol. The molecule has 0 amide bonds. The molecule has 1 aromatic heterocycles. The second-order valence-corrected chi connectivity index (χ2v) is 4.97. The molecule has 6 heteroatoms. The SMILES string of the molecule is C=C=CCN(C)Cc1cc2ccccc2n1C.O=C(O)C(=O)O. The Hall–Kier alpha value is -2.82. The number of fused-ring (bicyclic) bond motifs is 1. The Morgan fingerprint density at radius 2 is 1.91 bits per heavy atom. The summed E-state index contributed by atoms with van der Waals surface area (Å²) in [4.78, 5) is 20.4. The van der Waals surface area contributed by atoms with Crippen LogP contribution in [0.15, 0.2) is 48.7 Å². The standard InChI is InChI=1S/C15H18N2.C2H2O4/c1-4-5-10-16(2)12-14-11-13-8-6-7-9-15(13)17(14)3;3-1(4)2(5)6/h5-9,11H,1,10,12H2,2-3H3;(H,3,4)(H,5,6). The number of rotatable bonds is 4. The minimum absolute atomic E-state index is 0.880. The van der Waals surface area contributed by atoms with E-state index < -0.39 is 11.9 Å².